The Morgan fingerprint density at radius 1 is 1.14 bits per heavy atom. The Morgan fingerprint density at radius 3 is 2.57 bits per heavy atom. The monoisotopic (exact) mass is 395 g/mol. The summed E-state index contributed by atoms with van der Waals surface area (Å²) < 4.78 is 38.6. The molecule has 154 valence electrons. The van der Waals surface area contributed by atoms with Crippen LogP contribution in [0.25, 0.3) is 0 Å². The molecule has 0 unspecified atom stereocenters. The van der Waals surface area contributed by atoms with Crippen molar-refractivity contribution in [2.75, 3.05) is 44.2 Å². The number of halogens is 3. The molecule has 1 aliphatic rings. The number of hydrogen-bond acceptors (Lipinski definition) is 3. The van der Waals surface area contributed by atoms with Gasteiger partial charge in [-0.05, 0) is 44.5 Å². The topological polar surface area (TPSA) is 35.6 Å². The van der Waals surface area contributed by atoms with Gasteiger partial charge in [0.2, 0.25) is 5.91 Å². The minimum Gasteiger partial charge on any atom is -0.369 e. The number of unbranched alkanes of at least 4 members (excludes halogenated alkanes) is 1. The molecule has 0 radical (unpaired) electrons. The second-order valence-corrected chi connectivity index (χ2v) is 6.76. The van der Waals surface area contributed by atoms with Gasteiger partial charge in [0, 0.05) is 44.5 Å². The molecule has 1 aliphatic heterocycles. The number of rotatable bonds is 8. The second kappa shape index (κ2) is 10.9. The van der Waals surface area contributed by atoms with Crippen LogP contribution in [0.1, 0.15) is 25.3 Å². The number of piperazine rings is 1. The Labute approximate surface area is 164 Å². The van der Waals surface area contributed by atoms with E-state index in [2.05, 4.69) is 10.2 Å². The van der Waals surface area contributed by atoms with Gasteiger partial charge in [-0.15, -0.1) is 0 Å². The normalized spacial score (nSPS) is 16.2. The predicted octanol–water partition coefficient (Wildman–Crippen LogP) is 3.86. The van der Waals surface area contributed by atoms with Crippen LogP contribution in [0.15, 0.2) is 48.6 Å². The van der Waals surface area contributed by atoms with Crippen LogP contribution in [0.2, 0.25) is 0 Å². The summed E-state index contributed by atoms with van der Waals surface area (Å²) in [7, 11) is 0. The average molecular weight is 395 g/mol. The maximum Gasteiger partial charge on any atom is 0.416 e. The first-order valence-electron chi connectivity index (χ1n) is 9.62. The fourth-order valence-corrected chi connectivity index (χ4v) is 3.09. The van der Waals surface area contributed by atoms with E-state index in [1.165, 1.54) is 18.2 Å². The van der Waals surface area contributed by atoms with Gasteiger partial charge in [-0.1, -0.05) is 24.3 Å². The summed E-state index contributed by atoms with van der Waals surface area (Å²) in [5.74, 6) is -0.0900. The van der Waals surface area contributed by atoms with E-state index in [1.807, 2.05) is 17.9 Å². The van der Waals surface area contributed by atoms with Crippen molar-refractivity contribution in [1.29, 1.82) is 0 Å². The van der Waals surface area contributed by atoms with Crippen molar-refractivity contribution in [2.45, 2.75) is 25.9 Å². The average Bonchev–Trinajstić information content (AvgIpc) is 2.68. The highest BCUT2D eigenvalue weighted by atomic mass is 19.4. The molecule has 4 nitrogen and oxygen atoms in total. The van der Waals surface area contributed by atoms with Crippen LogP contribution >= 0.6 is 0 Å². The molecule has 0 bridgehead atoms. The third-order valence-electron chi connectivity index (χ3n) is 4.66. The fourth-order valence-electron chi connectivity index (χ4n) is 3.09. The highest BCUT2D eigenvalue weighted by Crippen LogP contribution is 2.31. The second-order valence-electron chi connectivity index (χ2n) is 6.76. The Balaban J connectivity index is 1.66. The molecule has 1 heterocycles. The van der Waals surface area contributed by atoms with Gasteiger partial charge in [-0.2, -0.15) is 13.2 Å². The minimum absolute atomic E-state index is 0.0900. The van der Waals surface area contributed by atoms with E-state index in [4.69, 9.17) is 0 Å². The number of alkyl halides is 3. The number of allylic oxidation sites excluding steroid dienone is 3. The molecule has 0 atom stereocenters. The van der Waals surface area contributed by atoms with Crippen molar-refractivity contribution in [1.82, 2.24) is 10.2 Å². The van der Waals surface area contributed by atoms with Crippen molar-refractivity contribution in [3.05, 3.63) is 54.1 Å². The molecule has 1 amide bonds. The number of benzene rings is 1. The van der Waals surface area contributed by atoms with E-state index in [0.717, 1.165) is 38.5 Å². The Morgan fingerprint density at radius 2 is 1.89 bits per heavy atom. The SMILES string of the molecule is CC=CC=CC(=O)NCCCCN1CCN(c2cccc(C(F)(F)F)c2)CC1. The lowest BCUT2D eigenvalue weighted by Crippen LogP contribution is -2.46. The van der Waals surface area contributed by atoms with Crippen molar-refractivity contribution >= 4 is 11.6 Å². The quantitative estimate of drug-likeness (QED) is 0.413. The van der Waals surface area contributed by atoms with E-state index in [1.54, 1.807) is 18.2 Å². The summed E-state index contributed by atoms with van der Waals surface area (Å²) in [5, 5.41) is 2.85. The predicted molar refractivity (Wildman–Crippen MR) is 106 cm³/mol. The molecular formula is C21H28F3N3O. The molecule has 1 aromatic rings. The third kappa shape index (κ3) is 7.38. The molecule has 0 aliphatic carbocycles. The molecule has 7 heteroatoms. The van der Waals surface area contributed by atoms with Crippen LogP contribution in [-0.2, 0) is 11.0 Å². The standard InChI is InChI=1S/C21H28F3N3O/c1-2-3-4-10-20(28)25-11-5-6-12-26-13-15-27(16-14-26)19-9-7-8-18(17-19)21(22,23)24/h2-4,7-10,17H,5-6,11-16H2,1H3,(H,25,28). The molecule has 1 N–H and O–H groups in total. The number of amides is 1. The molecule has 0 aromatic heterocycles. The highest BCUT2D eigenvalue weighted by Gasteiger charge is 2.31. The molecule has 1 aromatic carbocycles. The molecule has 28 heavy (non-hydrogen) atoms. The summed E-state index contributed by atoms with van der Waals surface area (Å²) >= 11 is 0. The minimum atomic E-state index is -4.31. The molecule has 0 spiro atoms. The number of carbonyl (C=O) groups excluding carboxylic acids is 1. The van der Waals surface area contributed by atoms with E-state index in [0.29, 0.717) is 25.3 Å². The van der Waals surface area contributed by atoms with Gasteiger partial charge >= 0.3 is 6.18 Å². The highest BCUT2D eigenvalue weighted by molar-refractivity contribution is 5.87. The lowest BCUT2D eigenvalue weighted by Gasteiger charge is -2.36. The van der Waals surface area contributed by atoms with E-state index in [9.17, 15) is 18.0 Å². The third-order valence-corrected chi connectivity index (χ3v) is 4.66. The number of nitrogens with zero attached hydrogens (tertiary/aromatic N) is 2. The first kappa shape index (κ1) is 22.0. The van der Waals surface area contributed by atoms with Gasteiger partial charge in [0.15, 0.2) is 0 Å². The lowest BCUT2D eigenvalue weighted by molar-refractivity contribution is -0.137. The summed E-state index contributed by atoms with van der Waals surface area (Å²) in [4.78, 5) is 15.8. The number of carbonyl (C=O) groups is 1. The van der Waals surface area contributed by atoms with Gasteiger partial charge in [-0.3, -0.25) is 9.69 Å². The van der Waals surface area contributed by atoms with Crippen LogP contribution in [0.4, 0.5) is 18.9 Å². The van der Waals surface area contributed by atoms with Gasteiger partial charge in [-0.25, -0.2) is 0 Å². The number of anilines is 1. The van der Waals surface area contributed by atoms with Gasteiger partial charge in [0.25, 0.3) is 0 Å². The summed E-state index contributed by atoms with van der Waals surface area (Å²) in [5.41, 5.74) is 0.0261. The molecule has 1 fully saturated rings. The zero-order chi connectivity index (χ0) is 20.4. The lowest BCUT2D eigenvalue weighted by atomic mass is 10.1. The smallest absolute Gasteiger partial charge is 0.369 e. The summed E-state index contributed by atoms with van der Waals surface area (Å²) in [6, 6.07) is 5.53. The van der Waals surface area contributed by atoms with Crippen LogP contribution in [0, 0.1) is 0 Å². The Bertz CT molecular complexity index is 678. The zero-order valence-corrected chi connectivity index (χ0v) is 16.2. The van der Waals surface area contributed by atoms with Crippen LogP contribution in [0.5, 0.6) is 0 Å². The first-order valence-corrected chi connectivity index (χ1v) is 9.62. The van der Waals surface area contributed by atoms with Crippen molar-refractivity contribution in [3.63, 3.8) is 0 Å². The fraction of sp³-hybridized carbons (Fsp3) is 0.476. The molecule has 0 saturated carbocycles. The van der Waals surface area contributed by atoms with Gasteiger partial charge in [0.1, 0.15) is 0 Å². The molecule has 1 saturated heterocycles. The van der Waals surface area contributed by atoms with Crippen molar-refractivity contribution in [2.24, 2.45) is 0 Å². The Hall–Kier alpha value is -2.28. The zero-order valence-electron chi connectivity index (χ0n) is 16.2. The van der Waals surface area contributed by atoms with Gasteiger partial charge < -0.3 is 10.2 Å². The Kier molecular flexibility index (Phi) is 8.57. The number of nitrogens with one attached hydrogen (secondary N) is 1. The first-order chi connectivity index (χ1) is 13.4. The van der Waals surface area contributed by atoms with E-state index < -0.39 is 11.7 Å². The van der Waals surface area contributed by atoms with Gasteiger partial charge in [0.05, 0.1) is 5.56 Å². The van der Waals surface area contributed by atoms with Crippen molar-refractivity contribution in [3.8, 4) is 0 Å². The molecular weight excluding hydrogens is 367 g/mol. The van der Waals surface area contributed by atoms with Crippen LogP contribution < -0.4 is 10.2 Å². The maximum atomic E-state index is 12.9. The van der Waals surface area contributed by atoms with Crippen LogP contribution in [0.3, 0.4) is 0 Å². The maximum absolute atomic E-state index is 12.9. The number of hydrogen-bond donors (Lipinski definition) is 1. The van der Waals surface area contributed by atoms with Crippen LogP contribution in [-0.4, -0.2) is 50.1 Å². The molecule has 2 rings (SSSR count). The van der Waals surface area contributed by atoms with E-state index in [-0.39, 0.29) is 5.91 Å². The summed E-state index contributed by atoms with van der Waals surface area (Å²) in [6.07, 6.45) is 4.44. The van der Waals surface area contributed by atoms with E-state index >= 15 is 0 Å². The largest absolute Gasteiger partial charge is 0.416 e. The van der Waals surface area contributed by atoms with Crippen molar-refractivity contribution < 1.29 is 18.0 Å². The summed E-state index contributed by atoms with van der Waals surface area (Å²) in [6.45, 7) is 6.55.